The van der Waals surface area contributed by atoms with Gasteiger partial charge in [0.05, 0.1) is 17.8 Å². The third-order valence-corrected chi connectivity index (χ3v) is 5.36. The molecule has 1 aromatic heterocycles. The van der Waals surface area contributed by atoms with E-state index in [-0.39, 0.29) is 5.60 Å². The predicted molar refractivity (Wildman–Crippen MR) is 80.5 cm³/mol. The van der Waals surface area contributed by atoms with E-state index in [1.165, 1.54) is 30.7 Å². The second-order valence-corrected chi connectivity index (χ2v) is 7.08. The Morgan fingerprint density at radius 3 is 3.25 bits per heavy atom. The number of nitrogens with zero attached hydrogens (tertiary/aromatic N) is 2. The first-order chi connectivity index (χ1) is 9.80. The number of ether oxygens (including phenoxy) is 1. The number of nitriles is 1. The highest BCUT2D eigenvalue weighted by atomic mass is 32.1. The van der Waals surface area contributed by atoms with Crippen LogP contribution < -0.4 is 0 Å². The molecule has 1 aromatic rings. The molecule has 0 N–H and O–H groups in total. The van der Waals surface area contributed by atoms with Gasteiger partial charge < -0.3 is 4.74 Å². The normalized spacial score (nSPS) is 30.6. The molecule has 4 heteroatoms. The van der Waals surface area contributed by atoms with Crippen molar-refractivity contribution >= 4 is 11.3 Å². The van der Waals surface area contributed by atoms with Crippen molar-refractivity contribution in [3.63, 3.8) is 0 Å². The third kappa shape index (κ3) is 3.22. The summed E-state index contributed by atoms with van der Waals surface area (Å²) in [6.07, 6.45) is 6.57. The first kappa shape index (κ1) is 14.1. The fraction of sp³-hybridized carbons (Fsp3) is 0.688. The van der Waals surface area contributed by atoms with Crippen molar-refractivity contribution in [3.8, 4) is 6.07 Å². The van der Waals surface area contributed by atoms with Crippen molar-refractivity contribution in [2.45, 2.75) is 56.8 Å². The van der Waals surface area contributed by atoms with E-state index >= 15 is 0 Å². The van der Waals surface area contributed by atoms with E-state index in [4.69, 9.17) is 10.00 Å². The molecule has 3 nitrogen and oxygen atoms in total. The van der Waals surface area contributed by atoms with Crippen molar-refractivity contribution in [2.24, 2.45) is 0 Å². The fourth-order valence-corrected chi connectivity index (χ4v) is 4.32. The van der Waals surface area contributed by atoms with Crippen LogP contribution in [0.4, 0.5) is 0 Å². The lowest BCUT2D eigenvalue weighted by molar-refractivity contribution is -0.0857. The molecule has 2 fully saturated rings. The minimum Gasteiger partial charge on any atom is -0.370 e. The van der Waals surface area contributed by atoms with E-state index in [2.05, 4.69) is 28.5 Å². The largest absolute Gasteiger partial charge is 0.370 e. The predicted octanol–water partition coefficient (Wildman–Crippen LogP) is 3.57. The van der Waals surface area contributed by atoms with Gasteiger partial charge in [-0.05, 0) is 50.1 Å². The second kappa shape index (κ2) is 6.26. The van der Waals surface area contributed by atoms with Crippen molar-refractivity contribution in [1.29, 1.82) is 5.26 Å². The van der Waals surface area contributed by atoms with Crippen molar-refractivity contribution in [2.75, 3.05) is 13.1 Å². The molecule has 108 valence electrons. The SMILES string of the molecule is N#CCC[C@@H]1CC[C@]2(CCCN(Cc3cccs3)C2)O1. The summed E-state index contributed by atoms with van der Waals surface area (Å²) in [5, 5.41) is 10.9. The molecule has 0 aliphatic carbocycles. The highest BCUT2D eigenvalue weighted by molar-refractivity contribution is 7.09. The molecule has 0 amide bonds. The minimum atomic E-state index is 0.0790. The van der Waals surface area contributed by atoms with Gasteiger partial charge in [-0.3, -0.25) is 4.90 Å². The van der Waals surface area contributed by atoms with Gasteiger partial charge in [0.15, 0.2) is 0 Å². The molecule has 1 spiro atoms. The van der Waals surface area contributed by atoms with Gasteiger partial charge in [0.2, 0.25) is 0 Å². The van der Waals surface area contributed by atoms with Crippen LogP contribution in [-0.4, -0.2) is 29.7 Å². The Hall–Kier alpha value is -0.890. The summed E-state index contributed by atoms with van der Waals surface area (Å²) in [4.78, 5) is 3.99. The maximum atomic E-state index is 8.70. The monoisotopic (exact) mass is 290 g/mol. The van der Waals surface area contributed by atoms with Gasteiger partial charge in [-0.15, -0.1) is 11.3 Å². The van der Waals surface area contributed by atoms with Gasteiger partial charge in [0.1, 0.15) is 0 Å². The van der Waals surface area contributed by atoms with Gasteiger partial charge in [-0.1, -0.05) is 6.07 Å². The lowest BCUT2D eigenvalue weighted by Gasteiger charge is -2.40. The summed E-state index contributed by atoms with van der Waals surface area (Å²) >= 11 is 1.84. The van der Waals surface area contributed by atoms with Crippen LogP contribution in [-0.2, 0) is 11.3 Å². The van der Waals surface area contributed by atoms with Crippen LogP contribution in [0.3, 0.4) is 0 Å². The highest BCUT2D eigenvalue weighted by Crippen LogP contribution is 2.39. The number of piperidine rings is 1. The zero-order valence-electron chi connectivity index (χ0n) is 11.9. The molecule has 0 unspecified atom stereocenters. The molecular formula is C16H22N2OS. The zero-order chi connectivity index (χ0) is 13.8. The summed E-state index contributed by atoms with van der Waals surface area (Å²) in [7, 11) is 0. The fourth-order valence-electron chi connectivity index (χ4n) is 3.57. The molecule has 0 radical (unpaired) electrons. The molecule has 20 heavy (non-hydrogen) atoms. The Morgan fingerprint density at radius 1 is 1.50 bits per heavy atom. The average Bonchev–Trinajstić information content (AvgIpc) is 3.07. The molecule has 3 heterocycles. The van der Waals surface area contributed by atoms with Crippen molar-refractivity contribution in [3.05, 3.63) is 22.4 Å². The summed E-state index contributed by atoms with van der Waals surface area (Å²) in [5.74, 6) is 0. The van der Waals surface area contributed by atoms with Crippen LogP contribution in [0.25, 0.3) is 0 Å². The standard InChI is InChI=1S/C16H22N2OS/c17-9-1-4-14-6-8-16(19-14)7-3-10-18(13-16)12-15-5-2-11-20-15/h2,5,11,14H,1,3-4,6-8,10,12-13H2/t14-,16+/m1/s1. The van der Waals surface area contributed by atoms with Crippen LogP contribution in [0.1, 0.15) is 43.4 Å². The van der Waals surface area contributed by atoms with E-state index < -0.39 is 0 Å². The quantitative estimate of drug-likeness (QED) is 0.850. The molecule has 0 saturated carbocycles. The zero-order valence-corrected chi connectivity index (χ0v) is 12.7. The van der Waals surface area contributed by atoms with Crippen LogP contribution in [0, 0.1) is 11.3 Å². The molecule has 2 aliphatic rings. The topological polar surface area (TPSA) is 36.3 Å². The number of likely N-dealkylation sites (tertiary alicyclic amines) is 1. The minimum absolute atomic E-state index is 0.0790. The maximum Gasteiger partial charge on any atom is 0.0814 e. The average molecular weight is 290 g/mol. The van der Waals surface area contributed by atoms with E-state index in [1.54, 1.807) is 0 Å². The molecule has 2 aliphatic heterocycles. The van der Waals surface area contributed by atoms with E-state index in [0.717, 1.165) is 25.9 Å². The van der Waals surface area contributed by atoms with E-state index in [9.17, 15) is 0 Å². The molecular weight excluding hydrogens is 268 g/mol. The Labute approximate surface area is 125 Å². The van der Waals surface area contributed by atoms with E-state index in [1.807, 2.05) is 11.3 Å². The van der Waals surface area contributed by atoms with Gasteiger partial charge in [0.25, 0.3) is 0 Å². The Bertz CT molecular complexity index is 467. The number of hydrogen-bond acceptors (Lipinski definition) is 4. The van der Waals surface area contributed by atoms with Gasteiger partial charge in [-0.2, -0.15) is 5.26 Å². The number of hydrogen-bond donors (Lipinski definition) is 0. The maximum absolute atomic E-state index is 8.70. The van der Waals surface area contributed by atoms with E-state index in [0.29, 0.717) is 12.5 Å². The molecule has 2 atom stereocenters. The number of thiophene rings is 1. The third-order valence-electron chi connectivity index (χ3n) is 4.49. The van der Waals surface area contributed by atoms with Gasteiger partial charge in [-0.25, -0.2) is 0 Å². The lowest BCUT2D eigenvalue weighted by Crippen LogP contribution is -2.47. The highest BCUT2D eigenvalue weighted by Gasteiger charge is 2.42. The summed E-state index contributed by atoms with van der Waals surface area (Å²) in [5.41, 5.74) is 0.0790. The first-order valence-corrected chi connectivity index (χ1v) is 8.47. The van der Waals surface area contributed by atoms with Crippen LogP contribution in [0.5, 0.6) is 0 Å². The Morgan fingerprint density at radius 2 is 2.45 bits per heavy atom. The van der Waals surface area contributed by atoms with Crippen LogP contribution in [0.2, 0.25) is 0 Å². The summed E-state index contributed by atoms with van der Waals surface area (Å²) < 4.78 is 6.35. The van der Waals surface area contributed by atoms with Crippen molar-refractivity contribution in [1.82, 2.24) is 4.90 Å². The molecule has 0 aromatic carbocycles. The second-order valence-electron chi connectivity index (χ2n) is 6.05. The van der Waals surface area contributed by atoms with Crippen LogP contribution in [0.15, 0.2) is 17.5 Å². The molecule has 3 rings (SSSR count). The Balaban J connectivity index is 1.56. The Kier molecular flexibility index (Phi) is 4.40. The lowest BCUT2D eigenvalue weighted by atomic mass is 9.89. The number of rotatable bonds is 4. The smallest absolute Gasteiger partial charge is 0.0814 e. The van der Waals surface area contributed by atoms with Gasteiger partial charge >= 0.3 is 0 Å². The van der Waals surface area contributed by atoms with Gasteiger partial charge in [0, 0.05) is 24.4 Å². The van der Waals surface area contributed by atoms with Crippen LogP contribution >= 0.6 is 11.3 Å². The summed E-state index contributed by atoms with van der Waals surface area (Å²) in [6, 6.07) is 6.58. The molecule has 0 bridgehead atoms. The molecule has 2 saturated heterocycles. The first-order valence-electron chi connectivity index (χ1n) is 7.59. The summed E-state index contributed by atoms with van der Waals surface area (Å²) in [6.45, 7) is 3.31. The van der Waals surface area contributed by atoms with Crippen molar-refractivity contribution < 1.29 is 4.74 Å².